The Labute approximate surface area is 134 Å². The SMILES string of the molecule is O[C@@H]1Cc2ccccc2[C@@H]1NCc1cnn(-c2ccccc2)n1. The molecule has 23 heavy (non-hydrogen) atoms. The van der Waals surface area contributed by atoms with E-state index in [9.17, 15) is 5.11 Å². The lowest BCUT2D eigenvalue weighted by molar-refractivity contribution is 0.140. The van der Waals surface area contributed by atoms with E-state index in [-0.39, 0.29) is 6.04 Å². The van der Waals surface area contributed by atoms with E-state index in [0.29, 0.717) is 13.0 Å². The van der Waals surface area contributed by atoms with Gasteiger partial charge >= 0.3 is 0 Å². The van der Waals surface area contributed by atoms with Crippen LogP contribution in [0.15, 0.2) is 60.8 Å². The Morgan fingerprint density at radius 2 is 1.87 bits per heavy atom. The molecule has 3 aromatic rings. The average Bonchev–Trinajstić information content (AvgIpc) is 3.18. The van der Waals surface area contributed by atoms with Gasteiger partial charge in [0, 0.05) is 13.0 Å². The third-order valence-electron chi connectivity index (χ3n) is 4.23. The quantitative estimate of drug-likeness (QED) is 0.774. The van der Waals surface area contributed by atoms with Crippen molar-refractivity contribution in [3.8, 4) is 5.69 Å². The number of nitrogens with zero attached hydrogens (tertiary/aromatic N) is 3. The van der Waals surface area contributed by atoms with Crippen molar-refractivity contribution < 1.29 is 5.11 Å². The topological polar surface area (TPSA) is 63.0 Å². The molecule has 1 aromatic heterocycles. The number of aromatic nitrogens is 3. The van der Waals surface area contributed by atoms with Gasteiger partial charge in [-0.3, -0.25) is 0 Å². The van der Waals surface area contributed by atoms with Crippen LogP contribution in [-0.4, -0.2) is 26.2 Å². The number of fused-ring (bicyclic) bond motifs is 1. The van der Waals surface area contributed by atoms with Gasteiger partial charge in [-0.05, 0) is 23.3 Å². The number of aliphatic hydroxyl groups is 1. The van der Waals surface area contributed by atoms with Crippen LogP contribution in [0.4, 0.5) is 0 Å². The zero-order valence-electron chi connectivity index (χ0n) is 12.6. The van der Waals surface area contributed by atoms with Gasteiger partial charge in [0.1, 0.15) is 0 Å². The van der Waals surface area contributed by atoms with Crippen molar-refractivity contribution in [2.24, 2.45) is 0 Å². The Morgan fingerprint density at radius 3 is 2.74 bits per heavy atom. The minimum absolute atomic E-state index is 0.0481. The van der Waals surface area contributed by atoms with Gasteiger partial charge in [-0.1, -0.05) is 42.5 Å². The summed E-state index contributed by atoms with van der Waals surface area (Å²) in [6, 6.07) is 17.9. The highest BCUT2D eigenvalue weighted by Gasteiger charge is 2.30. The van der Waals surface area contributed by atoms with Gasteiger partial charge < -0.3 is 10.4 Å². The van der Waals surface area contributed by atoms with E-state index >= 15 is 0 Å². The molecule has 5 nitrogen and oxygen atoms in total. The fourth-order valence-electron chi connectivity index (χ4n) is 3.10. The molecule has 4 rings (SSSR count). The van der Waals surface area contributed by atoms with Crippen molar-refractivity contribution in [2.45, 2.75) is 25.1 Å². The van der Waals surface area contributed by atoms with E-state index in [2.05, 4.69) is 27.6 Å². The summed E-state index contributed by atoms with van der Waals surface area (Å²) < 4.78 is 0. The van der Waals surface area contributed by atoms with Crippen molar-refractivity contribution in [3.05, 3.63) is 77.6 Å². The number of aliphatic hydroxyl groups excluding tert-OH is 1. The van der Waals surface area contributed by atoms with Crippen LogP contribution < -0.4 is 5.32 Å². The molecule has 2 aromatic carbocycles. The second-order valence-corrected chi connectivity index (χ2v) is 5.79. The summed E-state index contributed by atoms with van der Waals surface area (Å²) in [7, 11) is 0. The summed E-state index contributed by atoms with van der Waals surface area (Å²) in [5.74, 6) is 0. The van der Waals surface area contributed by atoms with E-state index in [1.165, 1.54) is 11.1 Å². The normalized spacial score (nSPS) is 19.7. The van der Waals surface area contributed by atoms with Crippen LogP contribution in [0.25, 0.3) is 5.69 Å². The number of hydrogen-bond acceptors (Lipinski definition) is 4. The first-order valence-corrected chi connectivity index (χ1v) is 7.77. The highest BCUT2D eigenvalue weighted by molar-refractivity contribution is 5.36. The molecule has 1 heterocycles. The molecule has 0 aliphatic heterocycles. The molecule has 0 fully saturated rings. The Balaban J connectivity index is 1.47. The first-order valence-electron chi connectivity index (χ1n) is 7.77. The van der Waals surface area contributed by atoms with E-state index in [1.807, 2.05) is 42.5 Å². The van der Waals surface area contributed by atoms with E-state index in [4.69, 9.17) is 0 Å². The Morgan fingerprint density at radius 1 is 1.09 bits per heavy atom. The van der Waals surface area contributed by atoms with Crippen molar-refractivity contribution in [1.29, 1.82) is 0 Å². The Kier molecular flexibility index (Phi) is 3.65. The van der Waals surface area contributed by atoms with E-state index < -0.39 is 6.10 Å². The number of para-hydroxylation sites is 1. The molecule has 0 spiro atoms. The monoisotopic (exact) mass is 306 g/mol. The molecular formula is C18H18N4O. The van der Waals surface area contributed by atoms with Crippen LogP contribution in [0.3, 0.4) is 0 Å². The second kappa shape index (κ2) is 5.95. The zero-order chi connectivity index (χ0) is 15.6. The van der Waals surface area contributed by atoms with Gasteiger partial charge in [0.2, 0.25) is 0 Å². The molecule has 2 N–H and O–H groups in total. The molecule has 0 bridgehead atoms. The number of nitrogens with one attached hydrogen (secondary N) is 1. The standard InChI is InChI=1S/C18H18N4O/c23-17-10-13-6-4-5-9-16(13)18(17)19-11-14-12-20-22(21-14)15-7-2-1-3-8-15/h1-9,12,17-19,23H,10-11H2/t17-,18+/m1/s1. The smallest absolute Gasteiger partial charge is 0.0969 e. The molecule has 0 saturated carbocycles. The third kappa shape index (κ3) is 2.76. The van der Waals surface area contributed by atoms with Gasteiger partial charge in [-0.2, -0.15) is 15.0 Å². The Hall–Kier alpha value is -2.50. The molecule has 0 amide bonds. The van der Waals surface area contributed by atoms with Crippen LogP contribution in [-0.2, 0) is 13.0 Å². The van der Waals surface area contributed by atoms with Gasteiger partial charge in [0.15, 0.2) is 0 Å². The summed E-state index contributed by atoms with van der Waals surface area (Å²) in [4.78, 5) is 1.62. The molecule has 0 saturated heterocycles. The molecule has 5 heteroatoms. The predicted molar refractivity (Wildman–Crippen MR) is 87.1 cm³/mol. The largest absolute Gasteiger partial charge is 0.391 e. The van der Waals surface area contributed by atoms with Crippen molar-refractivity contribution in [2.75, 3.05) is 0 Å². The van der Waals surface area contributed by atoms with Crippen molar-refractivity contribution in [3.63, 3.8) is 0 Å². The highest BCUT2D eigenvalue weighted by Crippen LogP contribution is 2.31. The lowest BCUT2D eigenvalue weighted by Gasteiger charge is -2.17. The van der Waals surface area contributed by atoms with Crippen LogP contribution in [0.2, 0.25) is 0 Å². The third-order valence-corrected chi connectivity index (χ3v) is 4.23. The molecule has 2 atom stereocenters. The summed E-state index contributed by atoms with van der Waals surface area (Å²) in [6.07, 6.45) is 2.06. The summed E-state index contributed by atoms with van der Waals surface area (Å²) in [5, 5.41) is 22.5. The fourth-order valence-corrected chi connectivity index (χ4v) is 3.10. The maximum atomic E-state index is 10.3. The number of rotatable bonds is 4. The second-order valence-electron chi connectivity index (χ2n) is 5.79. The summed E-state index contributed by atoms with van der Waals surface area (Å²) in [6.45, 7) is 0.572. The van der Waals surface area contributed by atoms with Crippen LogP contribution in [0.5, 0.6) is 0 Å². The Bertz CT molecular complexity index is 800. The first kappa shape index (κ1) is 14.1. The van der Waals surface area contributed by atoms with Gasteiger partial charge in [0.05, 0.1) is 29.7 Å². The predicted octanol–water partition coefficient (Wildman–Crippen LogP) is 2.02. The van der Waals surface area contributed by atoms with E-state index in [1.54, 1.807) is 11.0 Å². The number of benzene rings is 2. The first-order chi connectivity index (χ1) is 11.3. The molecule has 1 aliphatic rings. The lowest BCUT2D eigenvalue weighted by atomic mass is 10.1. The molecule has 0 radical (unpaired) electrons. The van der Waals surface area contributed by atoms with Gasteiger partial charge in [-0.25, -0.2) is 0 Å². The highest BCUT2D eigenvalue weighted by atomic mass is 16.3. The fraction of sp³-hybridized carbons (Fsp3) is 0.222. The van der Waals surface area contributed by atoms with Gasteiger partial charge in [0.25, 0.3) is 0 Å². The number of hydrogen-bond donors (Lipinski definition) is 2. The van der Waals surface area contributed by atoms with Crippen LogP contribution >= 0.6 is 0 Å². The molecule has 1 aliphatic carbocycles. The molecular weight excluding hydrogens is 288 g/mol. The lowest BCUT2D eigenvalue weighted by Crippen LogP contribution is -2.28. The van der Waals surface area contributed by atoms with Crippen LogP contribution in [0, 0.1) is 0 Å². The maximum absolute atomic E-state index is 10.3. The van der Waals surface area contributed by atoms with Gasteiger partial charge in [-0.15, -0.1) is 0 Å². The summed E-state index contributed by atoms with van der Waals surface area (Å²) in [5.41, 5.74) is 4.18. The molecule has 116 valence electrons. The zero-order valence-corrected chi connectivity index (χ0v) is 12.6. The summed E-state index contributed by atoms with van der Waals surface area (Å²) >= 11 is 0. The average molecular weight is 306 g/mol. The minimum Gasteiger partial charge on any atom is -0.391 e. The van der Waals surface area contributed by atoms with E-state index in [0.717, 1.165) is 11.4 Å². The van der Waals surface area contributed by atoms with Crippen LogP contribution in [0.1, 0.15) is 22.9 Å². The molecule has 0 unspecified atom stereocenters. The minimum atomic E-state index is -0.392. The maximum Gasteiger partial charge on any atom is 0.0969 e. The van der Waals surface area contributed by atoms with Crippen molar-refractivity contribution in [1.82, 2.24) is 20.3 Å². The van der Waals surface area contributed by atoms with Crippen molar-refractivity contribution >= 4 is 0 Å².